The molecule has 0 spiro atoms. The summed E-state index contributed by atoms with van der Waals surface area (Å²) in [6.45, 7) is 4.53. The lowest BCUT2D eigenvalue weighted by Gasteiger charge is -2.23. The zero-order valence-corrected chi connectivity index (χ0v) is 10.9. The van der Waals surface area contributed by atoms with Crippen molar-refractivity contribution in [1.82, 2.24) is 5.32 Å². The average Bonchev–Trinajstić information content (AvgIpc) is 2.17. The molecule has 0 radical (unpaired) electrons. The van der Waals surface area contributed by atoms with Gasteiger partial charge in [0.2, 0.25) is 5.91 Å². The Balaban J connectivity index is 4.93. The van der Waals surface area contributed by atoms with Crippen molar-refractivity contribution in [2.24, 2.45) is 0 Å². The maximum absolute atomic E-state index is 11.5. The number of hydrogen-bond acceptors (Lipinski definition) is 5. The summed E-state index contributed by atoms with van der Waals surface area (Å²) < 4.78 is 7.38. The van der Waals surface area contributed by atoms with E-state index < -0.39 is 22.3 Å². The monoisotopic (exact) mass is 295 g/mol. The molecule has 0 fully saturated rings. The maximum Gasteiger partial charge on any atom is 0.355 e. The number of rotatable bonds is 5. The Bertz CT molecular complexity index is 274. The summed E-state index contributed by atoms with van der Waals surface area (Å²) >= 11 is 2.84. The van der Waals surface area contributed by atoms with E-state index >= 15 is 0 Å². The topological polar surface area (TPSA) is 81.7 Å². The van der Waals surface area contributed by atoms with E-state index in [9.17, 15) is 14.4 Å². The van der Waals surface area contributed by atoms with E-state index in [1.165, 1.54) is 6.92 Å². The molecule has 16 heavy (non-hydrogen) atoms. The number of halogens is 1. The minimum absolute atomic E-state index is 0.0885. The fourth-order valence-corrected chi connectivity index (χ4v) is 1.40. The van der Waals surface area contributed by atoms with Crippen LogP contribution in [0, 0.1) is 0 Å². The van der Waals surface area contributed by atoms with E-state index in [4.69, 9.17) is 0 Å². The number of hydrogen-bond donors (Lipinski definition) is 1. The van der Waals surface area contributed by atoms with Crippen molar-refractivity contribution in [3.05, 3.63) is 0 Å². The van der Waals surface area contributed by atoms with E-state index in [0.29, 0.717) is 0 Å². The highest BCUT2D eigenvalue weighted by molar-refractivity contribution is 9.10. The molecule has 0 unspecified atom stereocenters. The van der Waals surface area contributed by atoms with Gasteiger partial charge in [-0.05, 0) is 29.8 Å². The van der Waals surface area contributed by atoms with Gasteiger partial charge in [-0.15, -0.1) is 0 Å². The van der Waals surface area contributed by atoms with E-state index in [1.807, 2.05) is 0 Å². The summed E-state index contributed by atoms with van der Waals surface area (Å²) in [6.07, 6.45) is 0. The third-order valence-corrected chi connectivity index (χ3v) is 2.31. The number of carbonyl (C=O) groups is 3. The Kier molecular flexibility index (Phi) is 6.02. The predicted molar refractivity (Wildman–Crippen MR) is 58.7 cm³/mol. The highest BCUT2D eigenvalue weighted by Crippen LogP contribution is 2.19. The van der Waals surface area contributed by atoms with Gasteiger partial charge in [0.15, 0.2) is 0 Å². The molecule has 0 bridgehead atoms. The minimum atomic E-state index is -1.97. The number of esters is 2. The number of carbonyl (C=O) groups excluding carboxylic acids is 3. The van der Waals surface area contributed by atoms with Gasteiger partial charge in [-0.3, -0.25) is 4.79 Å². The molecule has 1 N–H and O–H groups in total. The molecule has 0 rings (SSSR count). The van der Waals surface area contributed by atoms with Gasteiger partial charge in [0.25, 0.3) is 4.45 Å². The number of ether oxygens (including phenoxy) is 2. The fourth-order valence-electron chi connectivity index (χ4n) is 0.889. The Morgan fingerprint density at radius 1 is 1.12 bits per heavy atom. The molecule has 0 saturated carbocycles. The molecule has 6 nitrogen and oxygen atoms in total. The molecule has 0 aromatic carbocycles. The molecule has 0 aromatic rings. The van der Waals surface area contributed by atoms with Crippen LogP contribution < -0.4 is 5.32 Å². The van der Waals surface area contributed by atoms with Crippen molar-refractivity contribution >= 4 is 33.8 Å². The molecule has 0 heterocycles. The van der Waals surface area contributed by atoms with Gasteiger partial charge < -0.3 is 14.8 Å². The maximum atomic E-state index is 11.5. The highest BCUT2D eigenvalue weighted by atomic mass is 79.9. The first kappa shape index (κ1) is 14.9. The summed E-state index contributed by atoms with van der Waals surface area (Å²) in [7, 11) is 0. The Hall–Kier alpha value is -1.11. The van der Waals surface area contributed by atoms with Crippen molar-refractivity contribution in [2.45, 2.75) is 25.2 Å². The third kappa shape index (κ3) is 3.80. The molecule has 7 heteroatoms. The zero-order chi connectivity index (χ0) is 12.8. The SMILES string of the molecule is CCOC(=O)C(Br)(NC(C)=O)C(=O)OCC. The molecule has 0 atom stereocenters. The molecular formula is C9H14BrNO5. The van der Waals surface area contributed by atoms with Crippen LogP contribution in [0.3, 0.4) is 0 Å². The molecule has 0 saturated heterocycles. The van der Waals surface area contributed by atoms with Gasteiger partial charge in [-0.2, -0.15) is 0 Å². The number of nitrogens with one attached hydrogen (secondary N) is 1. The van der Waals surface area contributed by atoms with Crippen LogP contribution in [-0.4, -0.2) is 35.5 Å². The van der Waals surface area contributed by atoms with E-state index in [2.05, 4.69) is 30.7 Å². The Labute approximate surface area is 102 Å². The minimum Gasteiger partial charge on any atom is -0.463 e. The van der Waals surface area contributed by atoms with E-state index in [-0.39, 0.29) is 13.2 Å². The lowest BCUT2D eigenvalue weighted by Crippen LogP contribution is -2.56. The molecule has 1 amide bonds. The van der Waals surface area contributed by atoms with Crippen LogP contribution in [-0.2, 0) is 23.9 Å². The lowest BCUT2D eigenvalue weighted by molar-refractivity contribution is -0.161. The molecule has 0 aromatic heterocycles. The molecule has 92 valence electrons. The van der Waals surface area contributed by atoms with Gasteiger partial charge in [-0.1, -0.05) is 0 Å². The van der Waals surface area contributed by atoms with Crippen LogP contribution in [0.1, 0.15) is 20.8 Å². The summed E-state index contributed by atoms with van der Waals surface area (Å²) in [5, 5.41) is 2.15. The van der Waals surface area contributed by atoms with Crippen LogP contribution in [0.4, 0.5) is 0 Å². The second-order valence-corrected chi connectivity index (χ2v) is 3.97. The zero-order valence-electron chi connectivity index (χ0n) is 9.33. The molecule has 0 aliphatic carbocycles. The van der Waals surface area contributed by atoms with Crippen molar-refractivity contribution in [3.63, 3.8) is 0 Å². The van der Waals surface area contributed by atoms with Gasteiger partial charge in [0, 0.05) is 6.92 Å². The quantitative estimate of drug-likeness (QED) is 0.342. The fraction of sp³-hybridized carbons (Fsp3) is 0.667. The smallest absolute Gasteiger partial charge is 0.355 e. The van der Waals surface area contributed by atoms with Crippen molar-refractivity contribution in [1.29, 1.82) is 0 Å². The second kappa shape index (κ2) is 6.47. The van der Waals surface area contributed by atoms with Crippen LogP contribution >= 0.6 is 15.9 Å². The Morgan fingerprint density at radius 3 is 1.75 bits per heavy atom. The number of alkyl halides is 1. The van der Waals surface area contributed by atoms with Crippen molar-refractivity contribution in [3.8, 4) is 0 Å². The van der Waals surface area contributed by atoms with Gasteiger partial charge >= 0.3 is 11.9 Å². The first-order valence-corrected chi connectivity index (χ1v) is 5.49. The number of amides is 1. The van der Waals surface area contributed by atoms with Crippen LogP contribution in [0.25, 0.3) is 0 Å². The van der Waals surface area contributed by atoms with Crippen LogP contribution in [0.15, 0.2) is 0 Å². The van der Waals surface area contributed by atoms with Crippen molar-refractivity contribution < 1.29 is 23.9 Å². The lowest BCUT2D eigenvalue weighted by atomic mass is 10.3. The summed E-state index contributed by atoms with van der Waals surface area (Å²) in [5.74, 6) is -2.38. The highest BCUT2D eigenvalue weighted by Gasteiger charge is 2.47. The molecule has 0 aliphatic rings. The standard InChI is InChI=1S/C9H14BrNO5/c1-4-15-7(13)9(10,11-6(3)12)8(14)16-5-2/h4-5H2,1-3H3,(H,11,12). The molecule has 0 aliphatic heterocycles. The van der Waals surface area contributed by atoms with Gasteiger partial charge in [0.05, 0.1) is 13.2 Å². The van der Waals surface area contributed by atoms with Gasteiger partial charge in [-0.25, -0.2) is 9.59 Å². The summed E-state index contributed by atoms with van der Waals surface area (Å²) in [4.78, 5) is 34.0. The van der Waals surface area contributed by atoms with Crippen LogP contribution in [0.2, 0.25) is 0 Å². The largest absolute Gasteiger partial charge is 0.463 e. The first-order valence-electron chi connectivity index (χ1n) is 4.70. The summed E-state index contributed by atoms with van der Waals surface area (Å²) in [6, 6.07) is 0. The predicted octanol–water partition coefficient (Wildman–Crippen LogP) is 0.340. The third-order valence-electron chi connectivity index (χ3n) is 1.46. The second-order valence-electron chi connectivity index (χ2n) is 2.78. The average molecular weight is 296 g/mol. The molecular weight excluding hydrogens is 282 g/mol. The van der Waals surface area contributed by atoms with Gasteiger partial charge in [0.1, 0.15) is 0 Å². The van der Waals surface area contributed by atoms with Crippen LogP contribution in [0.5, 0.6) is 0 Å². The Morgan fingerprint density at radius 2 is 1.50 bits per heavy atom. The first-order chi connectivity index (χ1) is 7.38. The van der Waals surface area contributed by atoms with E-state index in [0.717, 1.165) is 0 Å². The summed E-state index contributed by atoms with van der Waals surface area (Å²) in [5.41, 5.74) is 0. The van der Waals surface area contributed by atoms with Crippen molar-refractivity contribution in [2.75, 3.05) is 13.2 Å². The van der Waals surface area contributed by atoms with E-state index in [1.54, 1.807) is 13.8 Å². The normalized spacial score (nSPS) is 10.5.